The number of hydrogen-bond acceptors (Lipinski definition) is 2. The summed E-state index contributed by atoms with van der Waals surface area (Å²) in [6.07, 6.45) is 3.53. The van der Waals surface area contributed by atoms with Crippen LogP contribution in [-0.4, -0.2) is 11.9 Å². The maximum absolute atomic E-state index is 12.5. The standard InChI is InChI=1S/C17H25BrN2O/c1-10(2)15-5-4-11(3)6-16(15)20-17(21)12-7-13(18)9-14(19)8-12/h7-11,15-16H,4-6,19H2,1-3H3,(H,20,21). The highest BCUT2D eigenvalue weighted by atomic mass is 79.9. The van der Waals surface area contributed by atoms with E-state index in [0.717, 1.165) is 10.9 Å². The lowest BCUT2D eigenvalue weighted by molar-refractivity contribution is 0.0868. The Kier molecular flexibility index (Phi) is 5.31. The second kappa shape index (κ2) is 6.82. The lowest BCUT2D eigenvalue weighted by atomic mass is 9.74. The number of carbonyl (C=O) groups is 1. The molecule has 1 saturated carbocycles. The van der Waals surface area contributed by atoms with Crippen molar-refractivity contribution in [1.29, 1.82) is 0 Å². The van der Waals surface area contributed by atoms with Crippen LogP contribution in [0.5, 0.6) is 0 Å². The Balaban J connectivity index is 2.12. The topological polar surface area (TPSA) is 55.1 Å². The van der Waals surface area contributed by atoms with E-state index in [1.165, 1.54) is 12.8 Å². The molecule has 21 heavy (non-hydrogen) atoms. The Morgan fingerprint density at radius 2 is 2.05 bits per heavy atom. The van der Waals surface area contributed by atoms with E-state index in [2.05, 4.69) is 42.0 Å². The van der Waals surface area contributed by atoms with E-state index in [-0.39, 0.29) is 11.9 Å². The van der Waals surface area contributed by atoms with Crippen LogP contribution in [0.2, 0.25) is 0 Å². The number of halogens is 1. The highest BCUT2D eigenvalue weighted by molar-refractivity contribution is 9.10. The molecule has 1 aliphatic carbocycles. The van der Waals surface area contributed by atoms with Crippen molar-refractivity contribution < 1.29 is 4.79 Å². The molecule has 1 fully saturated rings. The molecule has 3 nitrogen and oxygen atoms in total. The van der Waals surface area contributed by atoms with Gasteiger partial charge in [0.15, 0.2) is 0 Å². The number of anilines is 1. The molecule has 3 unspecified atom stereocenters. The molecular weight excluding hydrogens is 328 g/mol. The lowest BCUT2D eigenvalue weighted by Gasteiger charge is -2.37. The lowest BCUT2D eigenvalue weighted by Crippen LogP contribution is -2.45. The van der Waals surface area contributed by atoms with Gasteiger partial charge in [-0.15, -0.1) is 0 Å². The monoisotopic (exact) mass is 352 g/mol. The summed E-state index contributed by atoms with van der Waals surface area (Å²) >= 11 is 3.39. The fourth-order valence-corrected chi connectivity index (χ4v) is 3.87. The van der Waals surface area contributed by atoms with Gasteiger partial charge < -0.3 is 11.1 Å². The Hall–Kier alpha value is -1.03. The fraction of sp³-hybridized carbons (Fsp3) is 0.588. The molecule has 1 aliphatic rings. The maximum Gasteiger partial charge on any atom is 0.251 e. The van der Waals surface area contributed by atoms with E-state index >= 15 is 0 Å². The molecule has 2 rings (SSSR count). The summed E-state index contributed by atoms with van der Waals surface area (Å²) in [6.45, 7) is 6.76. The van der Waals surface area contributed by atoms with Crippen molar-refractivity contribution in [3.05, 3.63) is 28.2 Å². The van der Waals surface area contributed by atoms with Crippen LogP contribution in [0.3, 0.4) is 0 Å². The van der Waals surface area contributed by atoms with Gasteiger partial charge in [0.1, 0.15) is 0 Å². The van der Waals surface area contributed by atoms with Crippen LogP contribution in [0.4, 0.5) is 5.69 Å². The van der Waals surface area contributed by atoms with Gasteiger partial charge in [0, 0.05) is 21.8 Å². The third-order valence-electron chi connectivity index (χ3n) is 4.52. The fourth-order valence-electron chi connectivity index (χ4n) is 3.36. The molecular formula is C17H25BrN2O. The van der Waals surface area contributed by atoms with Crippen LogP contribution in [-0.2, 0) is 0 Å². The SMILES string of the molecule is CC1CCC(C(C)C)C(NC(=O)c2cc(N)cc(Br)c2)C1. The predicted octanol–water partition coefficient (Wildman–Crippen LogP) is 4.22. The molecule has 0 saturated heterocycles. The average Bonchev–Trinajstić information content (AvgIpc) is 2.37. The zero-order valence-corrected chi connectivity index (χ0v) is 14.6. The van der Waals surface area contributed by atoms with E-state index in [1.54, 1.807) is 12.1 Å². The average molecular weight is 353 g/mol. The summed E-state index contributed by atoms with van der Waals surface area (Å²) in [5.74, 6) is 1.82. The molecule has 0 bridgehead atoms. The molecule has 0 aromatic heterocycles. The normalized spacial score (nSPS) is 25.9. The zero-order chi connectivity index (χ0) is 15.6. The number of amides is 1. The Morgan fingerprint density at radius 1 is 1.33 bits per heavy atom. The minimum absolute atomic E-state index is 0.0206. The van der Waals surface area contributed by atoms with Gasteiger partial charge in [-0.05, 0) is 48.8 Å². The summed E-state index contributed by atoms with van der Waals surface area (Å²) in [5, 5.41) is 3.24. The first kappa shape index (κ1) is 16.3. The van der Waals surface area contributed by atoms with Crippen LogP contribution in [0.15, 0.2) is 22.7 Å². The Bertz CT molecular complexity index is 495. The number of hydrogen-bond donors (Lipinski definition) is 2. The molecule has 3 N–H and O–H groups in total. The second-order valence-electron chi connectivity index (χ2n) is 6.68. The van der Waals surface area contributed by atoms with Crippen molar-refractivity contribution in [1.82, 2.24) is 5.32 Å². The van der Waals surface area contributed by atoms with E-state index < -0.39 is 0 Å². The third kappa shape index (κ3) is 4.22. The Labute approximate surface area is 135 Å². The molecule has 0 radical (unpaired) electrons. The minimum Gasteiger partial charge on any atom is -0.399 e. The summed E-state index contributed by atoms with van der Waals surface area (Å²) in [5.41, 5.74) is 7.05. The quantitative estimate of drug-likeness (QED) is 0.800. The van der Waals surface area contributed by atoms with Crippen LogP contribution >= 0.6 is 15.9 Å². The number of benzene rings is 1. The number of nitrogens with one attached hydrogen (secondary N) is 1. The van der Waals surface area contributed by atoms with Crippen LogP contribution in [0.1, 0.15) is 50.4 Å². The van der Waals surface area contributed by atoms with Gasteiger partial charge in [-0.1, -0.05) is 43.1 Å². The van der Waals surface area contributed by atoms with Crippen molar-refractivity contribution in [2.75, 3.05) is 5.73 Å². The van der Waals surface area contributed by atoms with Gasteiger partial charge in [-0.3, -0.25) is 4.79 Å². The van der Waals surface area contributed by atoms with Crippen LogP contribution in [0.25, 0.3) is 0 Å². The first-order valence-corrected chi connectivity index (χ1v) is 8.53. The van der Waals surface area contributed by atoms with E-state index in [9.17, 15) is 4.79 Å². The molecule has 4 heteroatoms. The number of nitrogen functional groups attached to an aromatic ring is 1. The number of rotatable bonds is 3. The van der Waals surface area contributed by atoms with Crippen LogP contribution in [0, 0.1) is 17.8 Å². The van der Waals surface area contributed by atoms with E-state index in [1.807, 2.05) is 6.07 Å². The van der Waals surface area contributed by atoms with E-state index in [4.69, 9.17) is 5.73 Å². The molecule has 1 amide bonds. The largest absolute Gasteiger partial charge is 0.399 e. The first-order valence-electron chi connectivity index (χ1n) is 7.73. The minimum atomic E-state index is -0.0206. The first-order chi connectivity index (χ1) is 9.86. The molecule has 1 aromatic rings. The van der Waals surface area contributed by atoms with E-state index in [0.29, 0.717) is 29.0 Å². The molecule has 0 heterocycles. The summed E-state index contributed by atoms with van der Waals surface area (Å²) in [4.78, 5) is 12.5. The van der Waals surface area contributed by atoms with Gasteiger partial charge in [-0.2, -0.15) is 0 Å². The van der Waals surface area contributed by atoms with Gasteiger partial charge in [0.05, 0.1) is 0 Å². The summed E-state index contributed by atoms with van der Waals surface area (Å²) in [6, 6.07) is 5.62. The van der Waals surface area contributed by atoms with Gasteiger partial charge in [0.25, 0.3) is 5.91 Å². The van der Waals surface area contributed by atoms with Gasteiger partial charge >= 0.3 is 0 Å². The van der Waals surface area contributed by atoms with Gasteiger partial charge in [0.2, 0.25) is 0 Å². The Morgan fingerprint density at radius 3 is 2.67 bits per heavy atom. The molecule has 1 aromatic carbocycles. The predicted molar refractivity (Wildman–Crippen MR) is 91.2 cm³/mol. The summed E-state index contributed by atoms with van der Waals surface area (Å²) < 4.78 is 0.838. The van der Waals surface area contributed by atoms with Crippen molar-refractivity contribution in [3.63, 3.8) is 0 Å². The summed E-state index contributed by atoms with van der Waals surface area (Å²) in [7, 11) is 0. The molecule has 116 valence electrons. The molecule has 0 spiro atoms. The molecule has 3 atom stereocenters. The van der Waals surface area contributed by atoms with Crippen LogP contribution < -0.4 is 11.1 Å². The zero-order valence-electron chi connectivity index (χ0n) is 13.0. The van der Waals surface area contributed by atoms with Crippen molar-refractivity contribution >= 4 is 27.5 Å². The smallest absolute Gasteiger partial charge is 0.251 e. The number of carbonyl (C=O) groups excluding carboxylic acids is 1. The molecule has 0 aliphatic heterocycles. The van der Waals surface area contributed by atoms with Crippen molar-refractivity contribution in [2.45, 2.75) is 46.1 Å². The maximum atomic E-state index is 12.5. The van der Waals surface area contributed by atoms with Crippen molar-refractivity contribution in [2.24, 2.45) is 17.8 Å². The highest BCUT2D eigenvalue weighted by Gasteiger charge is 2.31. The van der Waals surface area contributed by atoms with Gasteiger partial charge in [-0.25, -0.2) is 0 Å². The highest BCUT2D eigenvalue weighted by Crippen LogP contribution is 2.33. The second-order valence-corrected chi connectivity index (χ2v) is 7.59. The third-order valence-corrected chi connectivity index (χ3v) is 4.98. The van der Waals surface area contributed by atoms with Crippen molar-refractivity contribution in [3.8, 4) is 0 Å². The number of nitrogens with two attached hydrogens (primary N) is 1.